The van der Waals surface area contributed by atoms with Crippen LogP contribution in [-0.4, -0.2) is 55.0 Å². The van der Waals surface area contributed by atoms with Gasteiger partial charge in [0, 0.05) is 32.1 Å². The van der Waals surface area contributed by atoms with Crippen LogP contribution in [0.3, 0.4) is 0 Å². The molecular formula is C15H31N3O. The molecule has 0 aromatic carbocycles. The van der Waals surface area contributed by atoms with Gasteiger partial charge in [-0.3, -0.25) is 4.79 Å². The van der Waals surface area contributed by atoms with Gasteiger partial charge in [0.15, 0.2) is 0 Å². The van der Waals surface area contributed by atoms with E-state index in [1.54, 1.807) is 0 Å². The molecule has 1 heterocycles. The first-order valence-corrected chi connectivity index (χ1v) is 7.73. The first-order valence-electron chi connectivity index (χ1n) is 7.73. The van der Waals surface area contributed by atoms with Gasteiger partial charge >= 0.3 is 0 Å². The van der Waals surface area contributed by atoms with E-state index < -0.39 is 0 Å². The van der Waals surface area contributed by atoms with Gasteiger partial charge < -0.3 is 15.5 Å². The maximum Gasteiger partial charge on any atom is 0.225 e. The van der Waals surface area contributed by atoms with Gasteiger partial charge in [-0.15, -0.1) is 0 Å². The highest BCUT2D eigenvalue weighted by Gasteiger charge is 2.18. The molecule has 4 heteroatoms. The van der Waals surface area contributed by atoms with Gasteiger partial charge in [-0.05, 0) is 45.7 Å². The molecule has 1 aliphatic heterocycles. The second kappa shape index (κ2) is 8.54. The summed E-state index contributed by atoms with van der Waals surface area (Å²) in [7, 11) is 1.93. The van der Waals surface area contributed by atoms with Crippen LogP contribution >= 0.6 is 0 Å². The van der Waals surface area contributed by atoms with Crippen molar-refractivity contribution in [3.63, 3.8) is 0 Å². The number of hydrogen-bond donors (Lipinski definition) is 1. The smallest absolute Gasteiger partial charge is 0.225 e. The molecule has 1 aliphatic rings. The van der Waals surface area contributed by atoms with Crippen molar-refractivity contribution in [1.29, 1.82) is 0 Å². The molecule has 0 radical (unpaired) electrons. The molecule has 1 fully saturated rings. The van der Waals surface area contributed by atoms with Crippen LogP contribution in [0.4, 0.5) is 0 Å². The number of carbonyl (C=O) groups excluding carboxylic acids is 1. The van der Waals surface area contributed by atoms with Gasteiger partial charge in [-0.25, -0.2) is 0 Å². The van der Waals surface area contributed by atoms with Crippen LogP contribution in [0.25, 0.3) is 0 Å². The fourth-order valence-corrected chi connectivity index (χ4v) is 2.65. The third-order valence-electron chi connectivity index (χ3n) is 4.04. The molecule has 0 bridgehead atoms. The summed E-state index contributed by atoms with van der Waals surface area (Å²) in [5.41, 5.74) is 5.73. The molecule has 112 valence electrons. The van der Waals surface area contributed by atoms with Crippen LogP contribution in [-0.2, 0) is 4.79 Å². The van der Waals surface area contributed by atoms with Gasteiger partial charge in [0.05, 0.1) is 0 Å². The summed E-state index contributed by atoms with van der Waals surface area (Å²) in [4.78, 5) is 16.5. The highest BCUT2D eigenvalue weighted by atomic mass is 16.2. The normalized spacial score (nSPS) is 19.4. The van der Waals surface area contributed by atoms with Gasteiger partial charge in [0.25, 0.3) is 0 Å². The summed E-state index contributed by atoms with van der Waals surface area (Å²) in [6.45, 7) is 8.34. The lowest BCUT2D eigenvalue weighted by Crippen LogP contribution is -2.37. The zero-order valence-corrected chi connectivity index (χ0v) is 12.9. The Hall–Kier alpha value is -0.610. The van der Waals surface area contributed by atoms with E-state index in [4.69, 9.17) is 5.73 Å². The van der Waals surface area contributed by atoms with Crippen molar-refractivity contribution in [3.8, 4) is 0 Å². The van der Waals surface area contributed by atoms with E-state index in [-0.39, 0.29) is 17.9 Å². The average molecular weight is 269 g/mol. The quantitative estimate of drug-likeness (QED) is 0.729. The van der Waals surface area contributed by atoms with E-state index in [2.05, 4.69) is 4.90 Å². The topological polar surface area (TPSA) is 49.6 Å². The van der Waals surface area contributed by atoms with Gasteiger partial charge in [0.1, 0.15) is 0 Å². The van der Waals surface area contributed by atoms with Gasteiger partial charge in [0.2, 0.25) is 5.91 Å². The van der Waals surface area contributed by atoms with Crippen molar-refractivity contribution in [2.75, 3.05) is 33.2 Å². The summed E-state index contributed by atoms with van der Waals surface area (Å²) < 4.78 is 0. The summed E-state index contributed by atoms with van der Waals surface area (Å²) in [6.07, 6.45) is 5.63. The highest BCUT2D eigenvalue weighted by Crippen LogP contribution is 2.12. The predicted molar refractivity (Wildman–Crippen MR) is 80.0 cm³/mol. The van der Waals surface area contributed by atoms with Crippen molar-refractivity contribution >= 4 is 5.91 Å². The number of likely N-dealkylation sites (N-methyl/N-ethyl adjacent to an activating group) is 1. The molecule has 0 aromatic rings. The molecule has 1 rings (SSSR count). The molecule has 2 N–H and O–H groups in total. The Morgan fingerprint density at radius 3 is 2.47 bits per heavy atom. The Bertz CT molecular complexity index is 262. The lowest BCUT2D eigenvalue weighted by molar-refractivity contribution is -0.134. The van der Waals surface area contributed by atoms with E-state index in [0.29, 0.717) is 0 Å². The van der Waals surface area contributed by atoms with Crippen molar-refractivity contribution in [2.24, 2.45) is 11.7 Å². The minimum absolute atomic E-state index is 0.127. The summed E-state index contributed by atoms with van der Waals surface area (Å²) in [6, 6.07) is 0.246. The fourth-order valence-electron chi connectivity index (χ4n) is 2.65. The monoisotopic (exact) mass is 269 g/mol. The second-order valence-electron chi connectivity index (χ2n) is 6.12. The molecule has 2 unspecified atom stereocenters. The lowest BCUT2D eigenvalue weighted by Gasteiger charge is -2.24. The van der Waals surface area contributed by atoms with Gasteiger partial charge in [-0.1, -0.05) is 13.3 Å². The van der Waals surface area contributed by atoms with Crippen molar-refractivity contribution in [3.05, 3.63) is 0 Å². The zero-order chi connectivity index (χ0) is 14.3. The molecule has 19 heavy (non-hydrogen) atoms. The van der Waals surface area contributed by atoms with E-state index in [0.717, 1.165) is 32.4 Å². The molecule has 1 amide bonds. The number of nitrogens with two attached hydrogens (primary N) is 1. The molecule has 0 saturated carbocycles. The highest BCUT2D eigenvalue weighted by molar-refractivity contribution is 5.78. The van der Waals surface area contributed by atoms with Crippen molar-refractivity contribution in [1.82, 2.24) is 9.80 Å². The SMILES string of the molecule is CC(N)CCCC(C)C(=O)N(C)CCN1CCCC1. The van der Waals surface area contributed by atoms with Crippen LogP contribution in [0.15, 0.2) is 0 Å². The molecule has 1 saturated heterocycles. The average Bonchev–Trinajstić information content (AvgIpc) is 2.87. The third kappa shape index (κ3) is 6.39. The molecule has 0 spiro atoms. The van der Waals surface area contributed by atoms with Crippen LogP contribution in [0.2, 0.25) is 0 Å². The molecule has 0 aromatic heterocycles. The third-order valence-corrected chi connectivity index (χ3v) is 4.04. The number of likely N-dealkylation sites (tertiary alicyclic amines) is 1. The Labute approximate surface area is 118 Å². The van der Waals surface area contributed by atoms with E-state index in [9.17, 15) is 4.79 Å². The number of hydrogen-bond acceptors (Lipinski definition) is 3. The van der Waals surface area contributed by atoms with Crippen LogP contribution < -0.4 is 5.73 Å². The van der Waals surface area contributed by atoms with E-state index >= 15 is 0 Å². The summed E-state index contributed by atoms with van der Waals surface area (Å²) in [5.74, 6) is 0.409. The van der Waals surface area contributed by atoms with Crippen molar-refractivity contribution < 1.29 is 4.79 Å². The Balaban J connectivity index is 2.18. The second-order valence-corrected chi connectivity index (χ2v) is 6.12. The standard InChI is InChI=1S/C15H31N3O/c1-13(7-6-8-14(2)16)15(19)17(3)11-12-18-9-4-5-10-18/h13-14H,4-12,16H2,1-3H3. The van der Waals surface area contributed by atoms with Crippen LogP contribution in [0.5, 0.6) is 0 Å². The Kier molecular flexibility index (Phi) is 7.39. The molecular weight excluding hydrogens is 238 g/mol. The first-order chi connectivity index (χ1) is 9.00. The summed E-state index contributed by atoms with van der Waals surface area (Å²) in [5, 5.41) is 0. The van der Waals surface area contributed by atoms with Crippen LogP contribution in [0, 0.1) is 5.92 Å². The lowest BCUT2D eigenvalue weighted by atomic mass is 10.0. The number of rotatable bonds is 8. The number of carbonyl (C=O) groups is 1. The molecule has 2 atom stereocenters. The van der Waals surface area contributed by atoms with E-state index in [1.165, 1.54) is 25.9 Å². The Morgan fingerprint density at radius 1 is 1.26 bits per heavy atom. The van der Waals surface area contributed by atoms with Crippen molar-refractivity contribution in [2.45, 2.75) is 52.0 Å². The number of nitrogens with zero attached hydrogens (tertiary/aromatic N) is 2. The molecule has 0 aliphatic carbocycles. The zero-order valence-electron chi connectivity index (χ0n) is 12.9. The first kappa shape index (κ1) is 16.4. The Morgan fingerprint density at radius 2 is 1.89 bits per heavy atom. The molecule has 4 nitrogen and oxygen atoms in total. The maximum absolute atomic E-state index is 12.2. The van der Waals surface area contributed by atoms with Crippen LogP contribution in [0.1, 0.15) is 46.0 Å². The number of amides is 1. The maximum atomic E-state index is 12.2. The minimum Gasteiger partial charge on any atom is -0.344 e. The largest absolute Gasteiger partial charge is 0.344 e. The summed E-state index contributed by atoms with van der Waals surface area (Å²) >= 11 is 0. The minimum atomic E-state index is 0.127. The van der Waals surface area contributed by atoms with E-state index in [1.807, 2.05) is 25.8 Å². The fraction of sp³-hybridized carbons (Fsp3) is 0.933. The predicted octanol–water partition coefficient (Wildman–Crippen LogP) is 1.69. The van der Waals surface area contributed by atoms with Gasteiger partial charge in [-0.2, -0.15) is 0 Å².